The molecule has 2 aromatic carbocycles. The number of aromatic hydroxyl groups is 2. The number of primary amides is 1. The summed E-state index contributed by atoms with van der Waals surface area (Å²) in [5.41, 5.74) is 5.79. The summed E-state index contributed by atoms with van der Waals surface area (Å²) in [5, 5.41) is 19.3. The molecule has 30 heavy (non-hydrogen) atoms. The molecule has 0 spiro atoms. The molecule has 0 atom stereocenters. The highest BCUT2D eigenvalue weighted by molar-refractivity contribution is 6.02. The summed E-state index contributed by atoms with van der Waals surface area (Å²) in [7, 11) is 0. The van der Waals surface area contributed by atoms with Gasteiger partial charge in [0.15, 0.2) is 28.7 Å². The number of aromatic amines is 1. The second kappa shape index (κ2) is 7.24. The van der Waals surface area contributed by atoms with Crippen LogP contribution in [0.3, 0.4) is 0 Å². The molecule has 0 radical (unpaired) electrons. The summed E-state index contributed by atoms with van der Waals surface area (Å²) in [6.07, 6.45) is 0. The Labute approximate surface area is 169 Å². The molecule has 0 unspecified atom stereocenters. The lowest BCUT2D eigenvalue weighted by molar-refractivity contribution is 0.0997. The SMILES string of the molecule is CCOc1ccc(-n2c(=O)[nH]c3c(C(N)=O)nc(-c4ccc(O)c(O)c4)nc32)cc1. The predicted octanol–water partition coefficient (Wildman–Crippen LogP) is 1.68. The first kappa shape index (κ1) is 19.0. The third kappa shape index (κ3) is 3.20. The molecule has 0 aliphatic rings. The van der Waals surface area contributed by atoms with Crippen LogP contribution in [0.15, 0.2) is 47.3 Å². The van der Waals surface area contributed by atoms with Crippen molar-refractivity contribution in [3.63, 3.8) is 0 Å². The van der Waals surface area contributed by atoms with Crippen molar-refractivity contribution in [2.24, 2.45) is 5.73 Å². The lowest BCUT2D eigenvalue weighted by Gasteiger charge is -2.08. The number of phenols is 2. The fraction of sp³-hybridized carbons (Fsp3) is 0.100. The van der Waals surface area contributed by atoms with Crippen LogP contribution in [0.5, 0.6) is 17.2 Å². The molecule has 4 aromatic rings. The summed E-state index contributed by atoms with van der Waals surface area (Å²) in [6.45, 7) is 2.37. The van der Waals surface area contributed by atoms with E-state index in [0.29, 0.717) is 23.6 Å². The highest BCUT2D eigenvalue weighted by Gasteiger charge is 2.20. The number of H-pyrrole nitrogens is 1. The van der Waals surface area contributed by atoms with Crippen molar-refractivity contribution < 1.29 is 19.7 Å². The summed E-state index contributed by atoms with van der Waals surface area (Å²) in [4.78, 5) is 35.8. The first-order chi connectivity index (χ1) is 14.4. The van der Waals surface area contributed by atoms with E-state index >= 15 is 0 Å². The van der Waals surface area contributed by atoms with E-state index in [1.807, 2.05) is 6.92 Å². The molecular formula is C20H17N5O5. The van der Waals surface area contributed by atoms with Gasteiger partial charge in [0.2, 0.25) is 0 Å². The van der Waals surface area contributed by atoms with Crippen LogP contribution in [0, 0.1) is 0 Å². The minimum atomic E-state index is -0.855. The van der Waals surface area contributed by atoms with Crippen molar-refractivity contribution in [3.8, 4) is 34.3 Å². The Morgan fingerprint density at radius 3 is 2.50 bits per heavy atom. The molecule has 5 N–H and O–H groups in total. The molecule has 0 saturated carbocycles. The van der Waals surface area contributed by atoms with Gasteiger partial charge in [-0.1, -0.05) is 0 Å². The van der Waals surface area contributed by atoms with E-state index in [4.69, 9.17) is 10.5 Å². The monoisotopic (exact) mass is 407 g/mol. The third-order valence-corrected chi connectivity index (χ3v) is 4.41. The Balaban J connectivity index is 1.97. The number of nitrogens with one attached hydrogen (secondary N) is 1. The molecule has 0 bridgehead atoms. The molecule has 10 heteroatoms. The van der Waals surface area contributed by atoms with Gasteiger partial charge in [0, 0.05) is 5.56 Å². The second-order valence-electron chi connectivity index (χ2n) is 6.35. The van der Waals surface area contributed by atoms with Crippen molar-refractivity contribution in [2.45, 2.75) is 6.92 Å². The molecule has 0 saturated heterocycles. The average Bonchev–Trinajstić information content (AvgIpc) is 3.05. The fourth-order valence-corrected chi connectivity index (χ4v) is 3.05. The number of ether oxygens (including phenoxy) is 1. The number of amides is 1. The van der Waals surface area contributed by atoms with Crippen LogP contribution in [-0.4, -0.2) is 42.2 Å². The third-order valence-electron chi connectivity index (χ3n) is 4.41. The first-order valence-corrected chi connectivity index (χ1v) is 8.97. The number of hydrogen-bond donors (Lipinski definition) is 4. The number of nitrogens with zero attached hydrogens (tertiary/aromatic N) is 3. The highest BCUT2D eigenvalue weighted by Crippen LogP contribution is 2.30. The van der Waals surface area contributed by atoms with Gasteiger partial charge in [0.1, 0.15) is 11.3 Å². The number of nitrogens with two attached hydrogens (primary N) is 1. The predicted molar refractivity (Wildman–Crippen MR) is 108 cm³/mol. The molecular weight excluding hydrogens is 390 g/mol. The van der Waals surface area contributed by atoms with Crippen molar-refractivity contribution in [1.82, 2.24) is 19.5 Å². The number of phenolic OH excluding ortho intramolecular Hbond substituents is 2. The van der Waals surface area contributed by atoms with Gasteiger partial charge in [0.05, 0.1) is 12.3 Å². The molecule has 2 heterocycles. The van der Waals surface area contributed by atoms with Crippen LogP contribution in [0.4, 0.5) is 0 Å². The Morgan fingerprint density at radius 2 is 1.87 bits per heavy atom. The molecule has 10 nitrogen and oxygen atoms in total. The fourth-order valence-electron chi connectivity index (χ4n) is 3.05. The Bertz CT molecular complexity index is 1320. The average molecular weight is 407 g/mol. The minimum absolute atomic E-state index is 0.0466. The van der Waals surface area contributed by atoms with Crippen molar-refractivity contribution in [2.75, 3.05) is 6.61 Å². The maximum absolute atomic E-state index is 12.7. The molecule has 1 amide bonds. The molecule has 0 aliphatic heterocycles. The molecule has 2 aromatic heterocycles. The lowest BCUT2D eigenvalue weighted by atomic mass is 10.2. The van der Waals surface area contributed by atoms with Crippen LogP contribution in [0.25, 0.3) is 28.2 Å². The van der Waals surface area contributed by atoms with Crippen LogP contribution < -0.4 is 16.2 Å². The van der Waals surface area contributed by atoms with Gasteiger partial charge in [0.25, 0.3) is 5.91 Å². The van der Waals surface area contributed by atoms with E-state index in [-0.39, 0.29) is 34.2 Å². The minimum Gasteiger partial charge on any atom is -0.504 e. The zero-order valence-corrected chi connectivity index (χ0v) is 15.8. The van der Waals surface area contributed by atoms with Gasteiger partial charge in [-0.2, -0.15) is 0 Å². The number of benzene rings is 2. The number of carbonyl (C=O) groups is 1. The van der Waals surface area contributed by atoms with Crippen LogP contribution in [0.2, 0.25) is 0 Å². The zero-order chi connectivity index (χ0) is 21.4. The number of hydrogen-bond acceptors (Lipinski definition) is 7. The van der Waals surface area contributed by atoms with Crippen molar-refractivity contribution >= 4 is 17.1 Å². The number of fused-ring (bicyclic) bond motifs is 1. The smallest absolute Gasteiger partial charge is 0.332 e. The second-order valence-corrected chi connectivity index (χ2v) is 6.35. The van der Waals surface area contributed by atoms with Gasteiger partial charge in [-0.25, -0.2) is 19.3 Å². The maximum Gasteiger partial charge on any atom is 0.332 e. The standard InChI is InChI=1S/C20H17N5O5/c1-2-30-12-6-4-11(5-7-12)25-19-16(23-20(25)29)15(17(21)28)22-18(24-19)10-3-8-13(26)14(27)9-10/h3-9,26-27H,2H2,1H3,(H2,21,28)(H,23,29). The van der Waals surface area contributed by atoms with Crippen LogP contribution in [0.1, 0.15) is 17.4 Å². The Kier molecular flexibility index (Phi) is 4.59. The Hall–Kier alpha value is -4.34. The Morgan fingerprint density at radius 1 is 1.13 bits per heavy atom. The van der Waals surface area contributed by atoms with Gasteiger partial charge >= 0.3 is 5.69 Å². The summed E-state index contributed by atoms with van der Waals surface area (Å²) in [6, 6.07) is 10.7. The molecule has 0 fully saturated rings. The van der Waals surface area contributed by atoms with Crippen LogP contribution in [-0.2, 0) is 0 Å². The number of carbonyl (C=O) groups excluding carboxylic acids is 1. The van der Waals surface area contributed by atoms with Gasteiger partial charge in [-0.05, 0) is 49.4 Å². The molecule has 152 valence electrons. The summed E-state index contributed by atoms with van der Waals surface area (Å²) in [5.74, 6) is -0.864. The summed E-state index contributed by atoms with van der Waals surface area (Å²) >= 11 is 0. The number of rotatable bonds is 5. The highest BCUT2D eigenvalue weighted by atomic mass is 16.5. The van der Waals surface area contributed by atoms with Crippen molar-refractivity contribution in [1.29, 1.82) is 0 Å². The maximum atomic E-state index is 12.7. The molecule has 4 rings (SSSR count). The number of aromatic nitrogens is 4. The molecule has 0 aliphatic carbocycles. The van der Waals surface area contributed by atoms with E-state index in [0.717, 1.165) is 0 Å². The quantitative estimate of drug-likeness (QED) is 0.367. The van der Waals surface area contributed by atoms with E-state index in [2.05, 4.69) is 15.0 Å². The van der Waals surface area contributed by atoms with Gasteiger partial charge in [-0.15, -0.1) is 0 Å². The van der Waals surface area contributed by atoms with Gasteiger partial charge < -0.3 is 25.7 Å². The van der Waals surface area contributed by atoms with E-state index in [1.165, 1.54) is 22.8 Å². The van der Waals surface area contributed by atoms with Crippen LogP contribution >= 0.6 is 0 Å². The van der Waals surface area contributed by atoms with Gasteiger partial charge in [-0.3, -0.25) is 4.79 Å². The van der Waals surface area contributed by atoms with E-state index in [9.17, 15) is 19.8 Å². The zero-order valence-electron chi connectivity index (χ0n) is 15.8. The summed E-state index contributed by atoms with van der Waals surface area (Å²) < 4.78 is 6.70. The lowest BCUT2D eigenvalue weighted by Crippen LogP contribution is -2.15. The topological polar surface area (TPSA) is 156 Å². The normalized spacial score (nSPS) is 11.0. The largest absolute Gasteiger partial charge is 0.504 e. The van der Waals surface area contributed by atoms with E-state index < -0.39 is 11.6 Å². The number of imidazole rings is 1. The van der Waals surface area contributed by atoms with Crippen molar-refractivity contribution in [3.05, 3.63) is 58.6 Å². The van der Waals surface area contributed by atoms with E-state index in [1.54, 1.807) is 24.3 Å². The first-order valence-electron chi connectivity index (χ1n) is 8.97.